The van der Waals surface area contributed by atoms with Crippen LogP contribution in [0, 0.1) is 29.6 Å². The van der Waals surface area contributed by atoms with Crippen molar-refractivity contribution in [2.24, 2.45) is 22.7 Å². The zero-order valence-electron chi connectivity index (χ0n) is 30.1. The fourth-order valence-electron chi connectivity index (χ4n) is 7.51. The first kappa shape index (κ1) is 40.0. The number of rotatable bonds is 7. The highest BCUT2D eigenvalue weighted by atomic mass is 32.1. The highest BCUT2D eigenvalue weighted by molar-refractivity contribution is 7.80. The molecule has 1 aliphatic heterocycles. The molecule has 2 saturated carbocycles. The molecule has 256 valence electrons. The molecule has 3 fully saturated rings. The first-order valence-electron chi connectivity index (χ1n) is 17.8. The summed E-state index contributed by atoms with van der Waals surface area (Å²) in [5.41, 5.74) is 4.29. The van der Waals surface area contributed by atoms with Crippen molar-refractivity contribution in [1.29, 1.82) is 0 Å². The summed E-state index contributed by atoms with van der Waals surface area (Å²) >= 11 is 3.93. The number of carbonyl (C=O) groups excluding carboxylic acids is 2. The van der Waals surface area contributed by atoms with Gasteiger partial charge in [0.2, 0.25) is 0 Å². The van der Waals surface area contributed by atoms with Crippen LogP contribution in [0.3, 0.4) is 0 Å². The number of Topliss-reactive ketones (excluding diaryl/α,β-unsaturated/α-hetero) is 1. The lowest BCUT2D eigenvalue weighted by molar-refractivity contribution is -0.129. The second-order valence-corrected chi connectivity index (χ2v) is 15.8. The predicted molar refractivity (Wildman–Crippen MR) is 196 cm³/mol. The van der Waals surface area contributed by atoms with E-state index in [4.69, 9.17) is 33.0 Å². The van der Waals surface area contributed by atoms with Crippen LogP contribution in [0.25, 0.3) is 0 Å². The summed E-state index contributed by atoms with van der Waals surface area (Å²) in [6.45, 7) is 17.0. The lowest BCUT2D eigenvalue weighted by Crippen LogP contribution is -2.45. The average Bonchev–Trinajstić information content (AvgIpc) is 3.34. The van der Waals surface area contributed by atoms with E-state index in [1.165, 1.54) is 24.0 Å². The Hall–Kier alpha value is -1.41. The summed E-state index contributed by atoms with van der Waals surface area (Å²) in [5, 5.41) is -1.39. The Kier molecular flexibility index (Phi) is 14.5. The molecule has 0 aromatic heterocycles. The lowest BCUT2D eigenvalue weighted by atomic mass is 9.46. The number of hydrogen-bond donors (Lipinski definition) is 1. The Balaban J connectivity index is 0.000000293. The van der Waals surface area contributed by atoms with Gasteiger partial charge in [-0.05, 0) is 104 Å². The van der Waals surface area contributed by atoms with Gasteiger partial charge in [-0.25, -0.2) is 4.79 Å². The number of hydrogen-bond acceptors (Lipinski definition) is 5. The van der Waals surface area contributed by atoms with Crippen LogP contribution in [-0.2, 0) is 16.0 Å². The molecule has 5 nitrogen and oxygen atoms in total. The van der Waals surface area contributed by atoms with Crippen molar-refractivity contribution in [1.82, 2.24) is 4.90 Å². The topological polar surface area (TPSA) is 55.8 Å². The third kappa shape index (κ3) is 10.1. The van der Waals surface area contributed by atoms with Crippen LogP contribution in [0.4, 0.5) is 9.18 Å². The van der Waals surface area contributed by atoms with Crippen molar-refractivity contribution < 1.29 is 23.5 Å². The maximum Gasteiger partial charge on any atom is 0.415 e. The second kappa shape index (κ2) is 17.0. The monoisotopic (exact) mass is 663 g/mol. The van der Waals surface area contributed by atoms with E-state index in [-0.39, 0.29) is 17.6 Å². The molecule has 10 heteroatoms. The first-order chi connectivity index (χ1) is 22.0. The minimum atomic E-state index is -1.66. The molecule has 1 heterocycles. The van der Waals surface area contributed by atoms with Crippen LogP contribution in [0.5, 0.6) is 5.75 Å². The first-order valence-corrected chi connectivity index (χ1v) is 18.5. The van der Waals surface area contributed by atoms with Gasteiger partial charge in [-0.15, -0.1) is 0 Å². The third-order valence-electron chi connectivity index (χ3n) is 11.6. The molecule has 1 amide bonds. The van der Waals surface area contributed by atoms with Gasteiger partial charge < -0.3 is 14.4 Å². The fraction of sp³-hybridized carbons (Fsp3) is 0.784. The predicted octanol–water partition coefficient (Wildman–Crippen LogP) is 8.09. The smallest absolute Gasteiger partial charge is 0.410 e. The maximum atomic E-state index is 12.7. The van der Waals surface area contributed by atoms with Crippen molar-refractivity contribution in [3.63, 3.8) is 0 Å². The molecule has 1 aromatic carbocycles. The summed E-state index contributed by atoms with van der Waals surface area (Å²) in [5.74, 6) is 3.52. The number of carbonyl (C=O) groups is 2. The number of ether oxygens (including phenoxy) is 2. The maximum absolute atomic E-state index is 12.7. The molecular formula is C37H57B3FNO4S. The molecular weight excluding hydrogens is 606 g/mol. The van der Waals surface area contributed by atoms with Crippen LogP contribution in [0.1, 0.15) is 122 Å². The number of nitrogens with zero attached hydrogens (tertiary/aromatic N) is 1. The minimum Gasteiger partial charge on any atom is -0.410 e. The second-order valence-electron chi connectivity index (χ2n) is 15.4. The Morgan fingerprint density at radius 2 is 1.87 bits per heavy atom. The van der Waals surface area contributed by atoms with E-state index in [2.05, 4.69) is 59.4 Å². The van der Waals surface area contributed by atoms with Crippen molar-refractivity contribution in [3.8, 4) is 5.75 Å². The molecule has 0 bridgehead atoms. The van der Waals surface area contributed by atoms with E-state index in [0.717, 1.165) is 44.1 Å². The summed E-state index contributed by atoms with van der Waals surface area (Å²) in [6.07, 6.45) is 7.83. The van der Waals surface area contributed by atoms with E-state index < -0.39 is 11.3 Å². The van der Waals surface area contributed by atoms with Crippen LogP contribution in [0.15, 0.2) is 12.1 Å². The standard InChI is InChI=1S/C25H33NO4.C7H16.C5H8B3FS/c1-15-12-20-17(13-22(15)30-24(28)26-10-11-29-16(2)14-26)4-5-19-18(20)8-9-25(3)21(19)6-7-23(25)27;1-5-7(3,4)6-2;6-4(9)5(7,8)2-1-3-10/h12-13,16,18-19,21H,4-11,14H2,1-3H3;5-6H2,1-4H3;4,10H,1-3H2. The molecule has 6 radical (unpaired) electrons. The number of benzene rings is 1. The van der Waals surface area contributed by atoms with Crippen LogP contribution >= 0.6 is 12.6 Å². The minimum absolute atomic E-state index is 0.0484. The van der Waals surface area contributed by atoms with E-state index in [1.807, 2.05) is 13.8 Å². The summed E-state index contributed by atoms with van der Waals surface area (Å²) < 4.78 is 23.7. The lowest BCUT2D eigenvalue weighted by Gasteiger charge is -2.48. The number of aryl methyl sites for hydroxylation is 2. The van der Waals surface area contributed by atoms with Gasteiger partial charge in [0.05, 0.1) is 34.9 Å². The number of halogens is 1. The molecule has 47 heavy (non-hydrogen) atoms. The van der Waals surface area contributed by atoms with Crippen molar-refractivity contribution in [3.05, 3.63) is 28.8 Å². The van der Waals surface area contributed by atoms with Gasteiger partial charge in [-0.3, -0.25) is 9.18 Å². The van der Waals surface area contributed by atoms with E-state index in [9.17, 15) is 14.0 Å². The van der Waals surface area contributed by atoms with Crippen LogP contribution < -0.4 is 4.74 Å². The Morgan fingerprint density at radius 3 is 2.45 bits per heavy atom. The molecule has 6 unspecified atom stereocenters. The Bertz CT molecular complexity index is 1210. The highest BCUT2D eigenvalue weighted by Gasteiger charge is 2.54. The van der Waals surface area contributed by atoms with Gasteiger partial charge in [0.25, 0.3) is 0 Å². The fourth-order valence-corrected chi connectivity index (χ4v) is 7.67. The zero-order valence-corrected chi connectivity index (χ0v) is 31.0. The summed E-state index contributed by atoms with van der Waals surface area (Å²) in [7, 11) is 15.4. The summed E-state index contributed by atoms with van der Waals surface area (Å²) in [6, 6.07) is 4.37. The Morgan fingerprint density at radius 1 is 1.19 bits per heavy atom. The molecule has 3 aliphatic carbocycles. The van der Waals surface area contributed by atoms with Gasteiger partial charge in [0.1, 0.15) is 19.4 Å². The molecule has 5 rings (SSSR count). The van der Waals surface area contributed by atoms with E-state index in [0.29, 0.717) is 73.0 Å². The average molecular weight is 663 g/mol. The molecule has 6 atom stereocenters. The quantitative estimate of drug-likeness (QED) is 0.237. The number of thiol groups is 1. The highest BCUT2D eigenvalue weighted by Crippen LogP contribution is 2.59. The molecule has 0 N–H and O–H groups in total. The number of morpholine rings is 1. The van der Waals surface area contributed by atoms with Crippen molar-refractivity contribution in [2.75, 3.05) is 25.4 Å². The number of alkyl halides is 1. The van der Waals surface area contributed by atoms with E-state index >= 15 is 0 Å². The largest absolute Gasteiger partial charge is 0.415 e. The van der Waals surface area contributed by atoms with Crippen LogP contribution in [0.2, 0.25) is 5.21 Å². The normalized spacial score (nSPS) is 27.6. The third-order valence-corrected chi connectivity index (χ3v) is 11.9. The molecule has 0 spiro atoms. The zero-order chi connectivity index (χ0) is 35.2. The van der Waals surface area contributed by atoms with Gasteiger partial charge in [0.15, 0.2) is 0 Å². The summed E-state index contributed by atoms with van der Waals surface area (Å²) in [4.78, 5) is 26.9. The number of amides is 1. The van der Waals surface area contributed by atoms with Crippen molar-refractivity contribution >= 4 is 48.0 Å². The van der Waals surface area contributed by atoms with Gasteiger partial charge in [0, 0.05) is 24.5 Å². The van der Waals surface area contributed by atoms with Gasteiger partial charge in [-0.1, -0.05) is 65.2 Å². The molecule has 1 saturated heterocycles. The number of fused-ring (bicyclic) bond motifs is 5. The number of ketones is 1. The van der Waals surface area contributed by atoms with Gasteiger partial charge >= 0.3 is 6.09 Å². The van der Waals surface area contributed by atoms with Crippen molar-refractivity contribution in [2.45, 2.75) is 136 Å². The molecule has 1 aromatic rings. The van der Waals surface area contributed by atoms with Gasteiger partial charge in [-0.2, -0.15) is 12.6 Å². The SMILES string of the molecule is CCC(C)(C)CC.Cc1cc2c(cc1OC(=O)N1CCOC(C)C1)CCC1C2CCC2(C)C(=O)CCC12.[B]C(F)C([B])([B])CCCS. The van der Waals surface area contributed by atoms with E-state index in [1.54, 1.807) is 4.90 Å². The van der Waals surface area contributed by atoms with Crippen LogP contribution in [-0.4, -0.2) is 77.9 Å². The molecule has 4 aliphatic rings. The Labute approximate surface area is 294 Å².